The van der Waals surface area contributed by atoms with Gasteiger partial charge in [0.15, 0.2) is 12.4 Å². The quantitative estimate of drug-likeness (QED) is 0.0355. The number of carbonyl (C=O) groups excluding carboxylic acids is 2. The lowest BCUT2D eigenvalue weighted by Crippen LogP contribution is -2.61. The second-order valence-corrected chi connectivity index (χ2v) is 14.4. The van der Waals surface area contributed by atoms with E-state index in [2.05, 4.69) is 15.1 Å². The smallest absolute Gasteiger partial charge is 0.331 e. The number of nitrogens with two attached hydrogens (primary N) is 1. The maximum absolute atomic E-state index is 12.6. The summed E-state index contributed by atoms with van der Waals surface area (Å²) in [5.74, 6) is -1.22. The highest BCUT2D eigenvalue weighted by Crippen LogP contribution is 2.54. The number of hydrogen-bond acceptors (Lipinski definition) is 15. The molecule has 2 amide bonds. The Bertz CT molecular complexity index is 1040. The van der Waals surface area contributed by atoms with E-state index < -0.39 is 96.0 Å². The van der Waals surface area contributed by atoms with E-state index in [1.54, 1.807) is 0 Å². The molecule has 1 saturated heterocycles. The number of nitrogens with one attached hydrogen (secondary N) is 3. The second kappa shape index (κ2) is 21.8. The number of carbonyl (C=O) groups is 2. The predicted molar refractivity (Wildman–Crippen MR) is 163 cm³/mol. The van der Waals surface area contributed by atoms with Crippen molar-refractivity contribution in [3.63, 3.8) is 0 Å². The number of aliphatic hydroxyl groups is 8. The third-order valence-corrected chi connectivity index (χ3v) is 9.95. The van der Waals surface area contributed by atoms with Gasteiger partial charge in [0, 0.05) is 33.0 Å². The number of unbranched alkanes of at least 4 members (excludes halogenated alkanes) is 3. The Morgan fingerprint density at radius 2 is 1.62 bits per heavy atom. The van der Waals surface area contributed by atoms with Crippen LogP contribution in [0, 0.1) is 5.16 Å². The van der Waals surface area contributed by atoms with Crippen molar-refractivity contribution < 1.29 is 78.7 Å². The fourth-order valence-electron chi connectivity index (χ4n) is 4.28. The number of ether oxygens (including phenoxy) is 2. The fourth-order valence-corrected chi connectivity index (χ4v) is 6.66. The first kappa shape index (κ1) is 43.8. The van der Waals surface area contributed by atoms with Gasteiger partial charge in [0.05, 0.1) is 32.0 Å². The zero-order valence-corrected chi connectivity index (χ0v) is 27.8. The van der Waals surface area contributed by atoms with E-state index in [1.807, 2.05) is 0 Å². The molecule has 1 aliphatic heterocycles. The van der Waals surface area contributed by atoms with Crippen LogP contribution in [0.3, 0.4) is 0 Å². The molecule has 0 aliphatic carbocycles. The average molecular weight is 728 g/mol. The number of rotatable bonds is 23. The third kappa shape index (κ3) is 16.4. The van der Waals surface area contributed by atoms with Gasteiger partial charge in [0.25, 0.3) is 13.6 Å². The molecule has 1 heterocycles. The summed E-state index contributed by atoms with van der Waals surface area (Å²) >= 11 is 0. The van der Waals surface area contributed by atoms with Crippen molar-refractivity contribution in [1.29, 1.82) is 5.16 Å². The molecule has 278 valence electrons. The van der Waals surface area contributed by atoms with Crippen LogP contribution in [0.1, 0.15) is 44.9 Å². The first-order chi connectivity index (χ1) is 22.0. The molecule has 47 heavy (non-hydrogen) atoms. The van der Waals surface area contributed by atoms with Crippen molar-refractivity contribution in [2.24, 2.45) is 10.0 Å². The minimum Gasteiger partial charge on any atom is -0.394 e. The van der Waals surface area contributed by atoms with Crippen LogP contribution in [-0.4, -0.2) is 158 Å². The van der Waals surface area contributed by atoms with Gasteiger partial charge in [0.1, 0.15) is 30.5 Å². The van der Waals surface area contributed by atoms with Crippen LogP contribution in [-0.2, 0) is 28.1 Å². The highest BCUT2D eigenvalue weighted by Gasteiger charge is 2.47. The first-order valence-electron chi connectivity index (χ1n) is 14.9. The number of amides is 2. The molecule has 10 atom stereocenters. The van der Waals surface area contributed by atoms with Crippen molar-refractivity contribution >= 4 is 27.1 Å². The normalized spacial score (nSPS) is 25.7. The van der Waals surface area contributed by atoms with Gasteiger partial charge in [0.2, 0.25) is 5.91 Å². The predicted octanol–water partition coefficient (Wildman–Crippen LogP) is -3.71. The molecule has 0 aromatic rings. The minimum atomic E-state index is -4.28. The van der Waals surface area contributed by atoms with Gasteiger partial charge >= 0.3 is 7.66 Å². The zero-order valence-electron chi connectivity index (χ0n) is 26.0. The van der Waals surface area contributed by atoms with Crippen LogP contribution < -0.4 is 16.1 Å². The molecule has 23 heteroatoms. The Balaban J connectivity index is 2.46. The average Bonchev–Trinajstić information content (AvgIpc) is 3.01. The molecule has 15 N–H and O–H groups in total. The number of nitrogens with zero attached hydrogens (tertiary/aromatic N) is 1. The highest BCUT2D eigenvalue weighted by molar-refractivity contribution is 7.64. The highest BCUT2D eigenvalue weighted by atomic mass is 31.2. The summed E-state index contributed by atoms with van der Waals surface area (Å²) < 4.78 is 24.0. The van der Waals surface area contributed by atoms with Crippen molar-refractivity contribution in [3.05, 3.63) is 0 Å². The number of aliphatic hydroxyl groups excluding tert-OH is 8. The van der Waals surface area contributed by atoms with Crippen LogP contribution in [0.2, 0.25) is 0 Å². The van der Waals surface area contributed by atoms with Crippen LogP contribution in [0.4, 0.5) is 0 Å². The van der Waals surface area contributed by atoms with Gasteiger partial charge in [-0.1, -0.05) is 6.42 Å². The Hall–Kier alpha value is -1.20. The van der Waals surface area contributed by atoms with E-state index in [1.165, 1.54) is 7.11 Å². The Morgan fingerprint density at radius 1 is 0.979 bits per heavy atom. The molecule has 1 fully saturated rings. The lowest BCUT2D eigenvalue weighted by molar-refractivity contribution is -0.323. The molecular weight excluding hydrogens is 676 g/mol. The molecule has 0 radical (unpaired) electrons. The summed E-state index contributed by atoms with van der Waals surface area (Å²) in [6.07, 6.45) is -13.7. The van der Waals surface area contributed by atoms with E-state index in [0.717, 1.165) is 0 Å². The standard InChI is InChI=1S/C24H51N5O16P2/c1-42-47(26,29-46(25,40)41)43-10-6-2-3-7-17(34)27-8-4-5-9-28-23(39)21(38)22(15(33)11-14(32)12-30)45-24-20(37)19(36)18(35)16(13-31)44-24/h14-16,18-22,24,30-33,35-38H,2-13,26H2,1H3,(H,27,34)(H,28,39)(H3,25,40,41)/t14?,15?,16-,18+,19+,20-,21?,22?,24?,47?/m0/s1. The molecule has 1 aliphatic rings. The minimum absolute atomic E-state index is 0.0445. The molecule has 0 spiro atoms. The van der Waals surface area contributed by atoms with Gasteiger partial charge in [-0.05, 0) is 25.7 Å². The summed E-state index contributed by atoms with van der Waals surface area (Å²) in [4.78, 5) is 43.0. The summed E-state index contributed by atoms with van der Waals surface area (Å²) in [5.41, 5.74) is 5.69. The molecule has 0 saturated carbocycles. The molecule has 0 aromatic carbocycles. The first-order valence-corrected chi connectivity index (χ1v) is 18.2. The summed E-state index contributed by atoms with van der Waals surface area (Å²) in [6, 6.07) is 0. The zero-order chi connectivity index (χ0) is 35.8. The van der Waals surface area contributed by atoms with Gasteiger partial charge in [-0.15, -0.1) is 4.52 Å². The maximum Gasteiger partial charge on any atom is 0.331 e. The molecule has 0 bridgehead atoms. The largest absolute Gasteiger partial charge is 0.394 e. The lowest BCUT2D eigenvalue weighted by atomic mass is 9.98. The monoisotopic (exact) mass is 727 g/mol. The van der Waals surface area contributed by atoms with Gasteiger partial charge < -0.3 is 79.8 Å². The Kier molecular flexibility index (Phi) is 20.3. The second-order valence-electron chi connectivity index (χ2n) is 10.8. The van der Waals surface area contributed by atoms with Crippen LogP contribution in [0.5, 0.6) is 0 Å². The van der Waals surface area contributed by atoms with E-state index in [0.29, 0.717) is 32.1 Å². The Labute approximate surface area is 272 Å². The van der Waals surface area contributed by atoms with Gasteiger partial charge in [-0.25, -0.2) is 5.16 Å². The summed E-state index contributed by atoms with van der Waals surface area (Å²) in [6.45, 7) is -1.13. The molecule has 21 nitrogen and oxygen atoms in total. The fraction of sp³-hybridized carbons (Fsp3) is 0.917. The Morgan fingerprint density at radius 3 is 2.19 bits per heavy atom. The molecular formula is C24H51N5O16P2. The van der Waals surface area contributed by atoms with Crippen LogP contribution in [0.15, 0.2) is 4.52 Å². The lowest BCUT2D eigenvalue weighted by Gasteiger charge is -2.42. The van der Waals surface area contributed by atoms with Crippen molar-refractivity contribution in [3.8, 4) is 0 Å². The van der Waals surface area contributed by atoms with Crippen molar-refractivity contribution in [1.82, 2.24) is 10.6 Å². The van der Waals surface area contributed by atoms with E-state index in [4.69, 9.17) is 44.1 Å². The van der Waals surface area contributed by atoms with Crippen LogP contribution >= 0.6 is 15.3 Å². The SMILES string of the molecule is COP(N)(=NP(=N)(O)O)OCCCCCC(=O)NCCCCNC(=O)C(O)C(OC1O[C@@H](CO)[C@@H](O)[C@@H](O)[C@@H]1O)C(O)CC(O)CO. The van der Waals surface area contributed by atoms with Gasteiger partial charge in [-0.3, -0.25) is 15.1 Å². The molecule has 6 unspecified atom stereocenters. The molecule has 1 rings (SSSR count). The van der Waals surface area contributed by atoms with Gasteiger partial charge in [-0.2, -0.15) is 0 Å². The van der Waals surface area contributed by atoms with Crippen LogP contribution in [0.25, 0.3) is 0 Å². The number of hydrogen-bond donors (Lipinski definition) is 14. The maximum atomic E-state index is 12.6. The van der Waals surface area contributed by atoms with E-state index in [9.17, 15) is 45.3 Å². The third-order valence-electron chi connectivity index (χ3n) is 6.88. The van der Waals surface area contributed by atoms with Crippen molar-refractivity contribution in [2.75, 3.05) is 40.0 Å². The van der Waals surface area contributed by atoms with E-state index in [-0.39, 0.29) is 32.0 Å². The van der Waals surface area contributed by atoms with E-state index >= 15 is 0 Å². The summed E-state index contributed by atoms with van der Waals surface area (Å²) in [7, 11) is -6.52. The molecule has 0 aromatic heterocycles. The topological polar surface area (TPSA) is 360 Å². The van der Waals surface area contributed by atoms with Crippen molar-refractivity contribution in [2.45, 2.75) is 100 Å². The summed E-state index contributed by atoms with van der Waals surface area (Å²) in [5, 5.41) is 91.8.